The molecule has 2 rings (SSSR count). The van der Waals surface area contributed by atoms with Gasteiger partial charge in [-0.05, 0) is 37.1 Å². The van der Waals surface area contributed by atoms with Crippen molar-refractivity contribution in [2.75, 3.05) is 0 Å². The molecule has 0 aliphatic heterocycles. The molecule has 2 N–H and O–H groups in total. The molecule has 0 radical (unpaired) electrons. The lowest BCUT2D eigenvalue weighted by molar-refractivity contribution is 0.296. The first-order chi connectivity index (χ1) is 9.29. The van der Waals surface area contributed by atoms with Crippen LogP contribution in [-0.2, 0) is 23.7 Å². The third-order valence-electron chi connectivity index (χ3n) is 3.02. The zero-order valence-corrected chi connectivity index (χ0v) is 12.4. The van der Waals surface area contributed by atoms with Gasteiger partial charge in [-0.1, -0.05) is 0 Å². The molecule has 2 aromatic rings. The number of primary sulfonamides is 1. The molecule has 1 heterocycles. The van der Waals surface area contributed by atoms with Crippen LogP contribution in [0.5, 0.6) is 5.75 Å². The van der Waals surface area contributed by atoms with Gasteiger partial charge in [0.05, 0.1) is 23.1 Å². The van der Waals surface area contributed by atoms with Crippen molar-refractivity contribution in [1.82, 2.24) is 9.55 Å². The van der Waals surface area contributed by atoms with E-state index >= 15 is 0 Å². The number of hydrogen-bond donors (Lipinski definition) is 1. The second kappa shape index (κ2) is 5.26. The normalized spacial score (nSPS) is 11.6. The number of nitrogens with zero attached hydrogens (tertiary/aromatic N) is 2. The molecule has 0 saturated heterocycles. The highest BCUT2D eigenvalue weighted by atomic mass is 32.2. The zero-order valence-electron chi connectivity index (χ0n) is 11.6. The van der Waals surface area contributed by atoms with Crippen LogP contribution in [0.1, 0.15) is 16.8 Å². The van der Waals surface area contributed by atoms with Crippen LogP contribution < -0.4 is 9.88 Å². The van der Waals surface area contributed by atoms with Gasteiger partial charge in [-0.2, -0.15) is 0 Å². The van der Waals surface area contributed by atoms with E-state index in [9.17, 15) is 8.42 Å². The summed E-state index contributed by atoms with van der Waals surface area (Å²) in [4.78, 5) is 4.16. The van der Waals surface area contributed by atoms with E-state index < -0.39 is 10.0 Å². The van der Waals surface area contributed by atoms with Crippen LogP contribution in [0.4, 0.5) is 0 Å². The molecule has 0 aliphatic carbocycles. The van der Waals surface area contributed by atoms with E-state index in [0.29, 0.717) is 23.5 Å². The highest BCUT2D eigenvalue weighted by Crippen LogP contribution is 2.25. The fourth-order valence-corrected chi connectivity index (χ4v) is 3.14. The summed E-state index contributed by atoms with van der Waals surface area (Å²) in [7, 11) is -1.83. The monoisotopic (exact) mass is 295 g/mol. The average Bonchev–Trinajstić information content (AvgIpc) is 2.69. The molecular formula is C13H17N3O3S. The molecule has 1 aromatic carbocycles. The fraction of sp³-hybridized carbons (Fsp3) is 0.308. The molecule has 6 nitrogen and oxygen atoms in total. The summed E-state index contributed by atoms with van der Waals surface area (Å²) in [5.74, 6) is 0.605. The van der Waals surface area contributed by atoms with Gasteiger partial charge in [-0.3, -0.25) is 0 Å². The minimum absolute atomic E-state index is 0.158. The summed E-state index contributed by atoms with van der Waals surface area (Å²) in [6.45, 7) is 3.76. The Morgan fingerprint density at radius 1 is 1.30 bits per heavy atom. The molecule has 108 valence electrons. The smallest absolute Gasteiger partial charge is 0.238 e. The van der Waals surface area contributed by atoms with Crippen LogP contribution in [0.3, 0.4) is 0 Å². The van der Waals surface area contributed by atoms with Gasteiger partial charge < -0.3 is 9.30 Å². The maximum absolute atomic E-state index is 11.5. The second-order valence-electron chi connectivity index (χ2n) is 4.72. The van der Waals surface area contributed by atoms with Gasteiger partial charge in [0.2, 0.25) is 10.0 Å². The molecule has 0 fully saturated rings. The van der Waals surface area contributed by atoms with Crippen molar-refractivity contribution in [2.24, 2.45) is 12.2 Å². The number of ether oxygens (including phenoxy) is 1. The Morgan fingerprint density at radius 3 is 2.35 bits per heavy atom. The van der Waals surface area contributed by atoms with E-state index in [0.717, 1.165) is 5.69 Å². The maximum atomic E-state index is 11.5. The fourth-order valence-electron chi connectivity index (χ4n) is 2.12. The molecule has 0 atom stereocenters. The van der Waals surface area contributed by atoms with E-state index in [2.05, 4.69) is 4.98 Å². The van der Waals surface area contributed by atoms with E-state index in [1.54, 1.807) is 38.5 Å². The van der Waals surface area contributed by atoms with Crippen LogP contribution in [-0.4, -0.2) is 18.0 Å². The Kier molecular flexibility index (Phi) is 3.82. The first kappa shape index (κ1) is 14.5. The molecule has 7 heteroatoms. The number of sulfonamides is 1. The molecule has 0 bridgehead atoms. The Morgan fingerprint density at radius 2 is 1.90 bits per heavy atom. The van der Waals surface area contributed by atoms with Crippen molar-refractivity contribution >= 4 is 10.0 Å². The van der Waals surface area contributed by atoms with Gasteiger partial charge in [0, 0.05) is 7.05 Å². The highest BCUT2D eigenvalue weighted by Gasteiger charge is 2.16. The Balaban J connectivity index is 2.25. The average molecular weight is 295 g/mol. The maximum Gasteiger partial charge on any atom is 0.238 e. The summed E-state index contributed by atoms with van der Waals surface area (Å²) < 4.78 is 30.5. The zero-order chi connectivity index (χ0) is 14.9. The third kappa shape index (κ3) is 3.00. The number of aromatic nitrogens is 2. The van der Waals surface area contributed by atoms with Crippen molar-refractivity contribution in [1.29, 1.82) is 0 Å². The topological polar surface area (TPSA) is 87.2 Å². The summed E-state index contributed by atoms with van der Waals surface area (Å²) in [5.41, 5.74) is 2.08. The number of imidazole rings is 1. The quantitative estimate of drug-likeness (QED) is 0.920. The minimum atomic E-state index is -3.72. The third-order valence-corrected chi connectivity index (χ3v) is 4.23. The Bertz CT molecular complexity index is 712. The largest absolute Gasteiger partial charge is 0.487 e. The summed E-state index contributed by atoms with van der Waals surface area (Å²) >= 11 is 0. The molecule has 1 aromatic heterocycles. The van der Waals surface area contributed by atoms with Crippen LogP contribution in [0, 0.1) is 13.8 Å². The van der Waals surface area contributed by atoms with Crippen LogP contribution in [0.2, 0.25) is 0 Å². The van der Waals surface area contributed by atoms with E-state index in [1.165, 1.54) is 0 Å². The van der Waals surface area contributed by atoms with Gasteiger partial charge in [0.15, 0.2) is 0 Å². The number of aryl methyl sites for hydroxylation is 3. The molecule has 0 spiro atoms. The summed E-state index contributed by atoms with van der Waals surface area (Å²) in [5, 5.41) is 5.20. The molecular weight excluding hydrogens is 278 g/mol. The van der Waals surface area contributed by atoms with Gasteiger partial charge in [0.1, 0.15) is 12.4 Å². The molecule has 0 saturated carbocycles. The lowest BCUT2D eigenvalue weighted by Gasteiger charge is -2.12. The predicted octanol–water partition coefficient (Wildman–Crippen LogP) is 1.26. The van der Waals surface area contributed by atoms with Crippen LogP contribution >= 0.6 is 0 Å². The number of nitrogens with two attached hydrogens (primary N) is 1. The van der Waals surface area contributed by atoms with E-state index in [-0.39, 0.29) is 4.90 Å². The minimum Gasteiger partial charge on any atom is -0.487 e. The van der Waals surface area contributed by atoms with Crippen molar-refractivity contribution < 1.29 is 13.2 Å². The molecule has 0 aliphatic rings. The molecule has 0 unspecified atom stereocenters. The summed E-state index contributed by atoms with van der Waals surface area (Å²) in [6, 6.07) is 3.34. The standard InChI is InChI=1S/C13H17N3O3S/c1-9-4-12(5-10(2)13(9)20(14,17)18)19-7-11-6-15-8-16(11)3/h4-6,8H,7H2,1-3H3,(H2,14,17,18). The predicted molar refractivity (Wildman–Crippen MR) is 74.8 cm³/mol. The SMILES string of the molecule is Cc1cc(OCc2cncn2C)cc(C)c1S(N)(=O)=O. The van der Waals surface area contributed by atoms with Gasteiger partial charge in [-0.25, -0.2) is 18.5 Å². The Hall–Kier alpha value is -1.86. The number of hydrogen-bond acceptors (Lipinski definition) is 4. The van der Waals surface area contributed by atoms with Gasteiger partial charge in [0.25, 0.3) is 0 Å². The first-order valence-electron chi connectivity index (χ1n) is 6.01. The lowest BCUT2D eigenvalue weighted by Crippen LogP contribution is -2.15. The Labute approximate surface area is 118 Å². The van der Waals surface area contributed by atoms with Crippen molar-refractivity contribution in [3.8, 4) is 5.75 Å². The molecule has 20 heavy (non-hydrogen) atoms. The first-order valence-corrected chi connectivity index (χ1v) is 7.55. The number of benzene rings is 1. The molecule has 0 amide bonds. The lowest BCUT2D eigenvalue weighted by atomic mass is 10.1. The van der Waals surface area contributed by atoms with Crippen molar-refractivity contribution in [2.45, 2.75) is 25.3 Å². The summed E-state index contributed by atoms with van der Waals surface area (Å²) in [6.07, 6.45) is 3.41. The van der Waals surface area contributed by atoms with Crippen molar-refractivity contribution in [3.05, 3.63) is 41.5 Å². The van der Waals surface area contributed by atoms with Gasteiger partial charge >= 0.3 is 0 Å². The highest BCUT2D eigenvalue weighted by molar-refractivity contribution is 7.89. The van der Waals surface area contributed by atoms with Gasteiger partial charge in [-0.15, -0.1) is 0 Å². The van der Waals surface area contributed by atoms with E-state index in [1.807, 2.05) is 11.6 Å². The van der Waals surface area contributed by atoms with Crippen LogP contribution in [0.25, 0.3) is 0 Å². The number of rotatable bonds is 4. The van der Waals surface area contributed by atoms with Crippen LogP contribution in [0.15, 0.2) is 29.6 Å². The van der Waals surface area contributed by atoms with Crippen molar-refractivity contribution in [3.63, 3.8) is 0 Å². The second-order valence-corrected chi connectivity index (χ2v) is 6.21. The van der Waals surface area contributed by atoms with E-state index in [4.69, 9.17) is 9.88 Å².